The van der Waals surface area contributed by atoms with Crippen LogP contribution in [0.1, 0.15) is 36.4 Å². The summed E-state index contributed by atoms with van der Waals surface area (Å²) in [4.78, 5) is 31.3. The van der Waals surface area contributed by atoms with E-state index in [1.165, 1.54) is 12.1 Å². The number of hydrogen-bond acceptors (Lipinski definition) is 3. The number of hydrogen-bond donors (Lipinski definition) is 1. The van der Waals surface area contributed by atoms with Gasteiger partial charge in [-0.05, 0) is 42.7 Å². The Kier molecular flexibility index (Phi) is 3.95. The number of halogens is 1. The van der Waals surface area contributed by atoms with Crippen LogP contribution in [0.5, 0.6) is 0 Å². The molecule has 1 aliphatic heterocycles. The summed E-state index contributed by atoms with van der Waals surface area (Å²) in [6.07, 6.45) is 3.72. The van der Waals surface area contributed by atoms with Gasteiger partial charge in [-0.3, -0.25) is 14.6 Å². The SMILES string of the molecule is O=C1CC(C(=O)N(Cc2ccccn2)C2CC2)c2ccc(F)cc2N1. The Morgan fingerprint density at radius 3 is 2.84 bits per heavy atom. The molecule has 1 aromatic heterocycles. The first-order valence-electron chi connectivity index (χ1n) is 8.41. The van der Waals surface area contributed by atoms with Crippen LogP contribution in [-0.4, -0.2) is 27.7 Å². The summed E-state index contributed by atoms with van der Waals surface area (Å²) in [6, 6.07) is 10.0. The van der Waals surface area contributed by atoms with E-state index >= 15 is 0 Å². The minimum Gasteiger partial charge on any atom is -0.333 e. The third kappa shape index (κ3) is 3.24. The van der Waals surface area contributed by atoms with Crippen molar-refractivity contribution in [3.8, 4) is 0 Å². The first kappa shape index (κ1) is 15.7. The number of rotatable bonds is 4. The predicted octanol–water partition coefficient (Wildman–Crippen LogP) is 2.84. The van der Waals surface area contributed by atoms with Gasteiger partial charge in [-0.25, -0.2) is 4.39 Å². The van der Waals surface area contributed by atoms with Gasteiger partial charge in [0.15, 0.2) is 0 Å². The highest BCUT2D eigenvalue weighted by molar-refractivity contribution is 6.01. The maximum Gasteiger partial charge on any atom is 0.231 e. The molecule has 0 radical (unpaired) electrons. The largest absolute Gasteiger partial charge is 0.333 e. The molecule has 0 saturated heterocycles. The second kappa shape index (κ2) is 6.27. The van der Waals surface area contributed by atoms with Gasteiger partial charge in [-0.15, -0.1) is 0 Å². The Balaban J connectivity index is 1.63. The molecule has 4 rings (SSSR count). The van der Waals surface area contributed by atoms with Gasteiger partial charge in [0.2, 0.25) is 11.8 Å². The molecule has 0 bridgehead atoms. The van der Waals surface area contributed by atoms with E-state index in [4.69, 9.17) is 0 Å². The van der Waals surface area contributed by atoms with Crippen molar-refractivity contribution >= 4 is 17.5 Å². The fraction of sp³-hybridized carbons (Fsp3) is 0.316. The molecule has 25 heavy (non-hydrogen) atoms. The van der Waals surface area contributed by atoms with E-state index in [0.717, 1.165) is 18.5 Å². The highest BCUT2D eigenvalue weighted by Crippen LogP contribution is 2.37. The number of anilines is 1. The van der Waals surface area contributed by atoms with Crippen LogP contribution in [-0.2, 0) is 16.1 Å². The second-order valence-corrected chi connectivity index (χ2v) is 6.55. The summed E-state index contributed by atoms with van der Waals surface area (Å²) in [6.45, 7) is 0.430. The third-order valence-corrected chi connectivity index (χ3v) is 4.68. The van der Waals surface area contributed by atoms with Crippen molar-refractivity contribution in [1.29, 1.82) is 0 Å². The lowest BCUT2D eigenvalue weighted by atomic mass is 9.89. The van der Waals surface area contributed by atoms with Crippen LogP contribution in [0.25, 0.3) is 0 Å². The number of amides is 2. The Morgan fingerprint density at radius 2 is 2.12 bits per heavy atom. The minimum absolute atomic E-state index is 0.0862. The number of nitrogens with zero attached hydrogens (tertiary/aromatic N) is 2. The van der Waals surface area contributed by atoms with E-state index in [1.54, 1.807) is 12.3 Å². The number of fused-ring (bicyclic) bond motifs is 1. The van der Waals surface area contributed by atoms with Crippen molar-refractivity contribution in [2.45, 2.75) is 37.8 Å². The number of carbonyl (C=O) groups excluding carboxylic acids is 2. The molecule has 2 heterocycles. The van der Waals surface area contributed by atoms with Crippen LogP contribution < -0.4 is 5.32 Å². The summed E-state index contributed by atoms with van der Waals surface area (Å²) in [7, 11) is 0. The molecule has 1 aromatic carbocycles. The summed E-state index contributed by atoms with van der Waals surface area (Å²) in [5, 5.41) is 2.66. The average Bonchev–Trinajstić information content (AvgIpc) is 3.44. The predicted molar refractivity (Wildman–Crippen MR) is 90.2 cm³/mol. The summed E-state index contributed by atoms with van der Waals surface area (Å²) in [5.74, 6) is -1.35. The lowest BCUT2D eigenvalue weighted by molar-refractivity contribution is -0.136. The first-order chi connectivity index (χ1) is 12.1. The fourth-order valence-electron chi connectivity index (χ4n) is 3.30. The van der Waals surface area contributed by atoms with E-state index < -0.39 is 11.7 Å². The van der Waals surface area contributed by atoms with Gasteiger partial charge in [0.1, 0.15) is 5.82 Å². The summed E-state index contributed by atoms with van der Waals surface area (Å²) >= 11 is 0. The lowest BCUT2D eigenvalue weighted by Crippen LogP contribution is -2.39. The fourth-order valence-corrected chi connectivity index (χ4v) is 3.30. The molecule has 2 amide bonds. The van der Waals surface area contributed by atoms with Gasteiger partial charge in [-0.1, -0.05) is 12.1 Å². The van der Waals surface area contributed by atoms with Crippen LogP contribution >= 0.6 is 0 Å². The minimum atomic E-state index is -0.575. The summed E-state index contributed by atoms with van der Waals surface area (Å²) < 4.78 is 13.5. The van der Waals surface area contributed by atoms with Crippen molar-refractivity contribution in [1.82, 2.24) is 9.88 Å². The molecule has 2 aliphatic rings. The van der Waals surface area contributed by atoms with Crippen LogP contribution in [0.3, 0.4) is 0 Å². The molecule has 1 atom stereocenters. The molecule has 1 aliphatic carbocycles. The normalized spacial score (nSPS) is 19.1. The number of benzene rings is 1. The number of aromatic nitrogens is 1. The molecule has 1 fully saturated rings. The van der Waals surface area contributed by atoms with Crippen LogP contribution in [0.4, 0.5) is 10.1 Å². The highest BCUT2D eigenvalue weighted by Gasteiger charge is 2.39. The van der Waals surface area contributed by atoms with E-state index in [2.05, 4.69) is 10.3 Å². The molecule has 1 N–H and O–H groups in total. The Morgan fingerprint density at radius 1 is 1.28 bits per heavy atom. The number of carbonyl (C=O) groups is 2. The molecule has 1 unspecified atom stereocenters. The van der Waals surface area contributed by atoms with Gasteiger partial charge < -0.3 is 10.2 Å². The van der Waals surface area contributed by atoms with Crippen molar-refractivity contribution < 1.29 is 14.0 Å². The molecule has 0 spiro atoms. The van der Waals surface area contributed by atoms with Gasteiger partial charge in [0.05, 0.1) is 18.2 Å². The number of nitrogens with one attached hydrogen (secondary N) is 1. The van der Waals surface area contributed by atoms with Gasteiger partial charge >= 0.3 is 0 Å². The molecule has 128 valence electrons. The molecule has 2 aromatic rings. The van der Waals surface area contributed by atoms with Gasteiger partial charge in [-0.2, -0.15) is 0 Å². The first-order valence-corrected chi connectivity index (χ1v) is 8.41. The smallest absolute Gasteiger partial charge is 0.231 e. The molecular weight excluding hydrogens is 321 g/mol. The molecular formula is C19H18FN3O2. The Bertz CT molecular complexity index is 821. The average molecular weight is 339 g/mol. The van der Waals surface area contributed by atoms with E-state index in [9.17, 15) is 14.0 Å². The van der Waals surface area contributed by atoms with E-state index in [0.29, 0.717) is 17.8 Å². The van der Waals surface area contributed by atoms with Gasteiger partial charge in [0, 0.05) is 24.3 Å². The lowest BCUT2D eigenvalue weighted by Gasteiger charge is -2.30. The van der Waals surface area contributed by atoms with Crippen molar-refractivity contribution in [2.75, 3.05) is 5.32 Å². The molecule has 5 nitrogen and oxygen atoms in total. The van der Waals surface area contributed by atoms with Gasteiger partial charge in [0.25, 0.3) is 0 Å². The van der Waals surface area contributed by atoms with Crippen LogP contribution in [0, 0.1) is 5.82 Å². The third-order valence-electron chi connectivity index (χ3n) is 4.68. The van der Waals surface area contributed by atoms with Crippen molar-refractivity contribution in [2.24, 2.45) is 0 Å². The zero-order valence-corrected chi connectivity index (χ0v) is 13.6. The quantitative estimate of drug-likeness (QED) is 0.932. The number of pyridine rings is 1. The Labute approximate surface area is 144 Å². The maximum absolute atomic E-state index is 13.5. The van der Waals surface area contributed by atoms with E-state index in [1.807, 2.05) is 23.1 Å². The highest BCUT2D eigenvalue weighted by atomic mass is 19.1. The van der Waals surface area contributed by atoms with Crippen LogP contribution in [0.15, 0.2) is 42.6 Å². The maximum atomic E-state index is 13.5. The topological polar surface area (TPSA) is 62.3 Å². The standard InChI is InChI=1S/C19H18FN3O2/c20-12-4-7-15-16(10-18(24)22-17(15)9-12)19(25)23(14-5-6-14)11-13-3-1-2-8-21-13/h1-4,7-9,14,16H,5-6,10-11H2,(H,22,24). The molecule has 6 heteroatoms. The zero-order chi connectivity index (χ0) is 17.4. The van der Waals surface area contributed by atoms with Crippen LogP contribution in [0.2, 0.25) is 0 Å². The second-order valence-electron chi connectivity index (χ2n) is 6.55. The van der Waals surface area contributed by atoms with Crippen molar-refractivity contribution in [3.63, 3.8) is 0 Å². The zero-order valence-electron chi connectivity index (χ0n) is 13.6. The molecule has 1 saturated carbocycles. The van der Waals surface area contributed by atoms with E-state index in [-0.39, 0.29) is 24.3 Å². The van der Waals surface area contributed by atoms with Crippen molar-refractivity contribution in [3.05, 3.63) is 59.7 Å². The monoisotopic (exact) mass is 339 g/mol. The summed E-state index contributed by atoms with van der Waals surface area (Å²) in [5.41, 5.74) is 1.89. The Hall–Kier alpha value is -2.76.